The molecule has 2 rings (SSSR count). The van der Waals surface area contributed by atoms with Crippen LogP contribution in [0.15, 0.2) is 34.3 Å². The summed E-state index contributed by atoms with van der Waals surface area (Å²) in [7, 11) is 1.78. The molecule has 0 radical (unpaired) electrons. The van der Waals surface area contributed by atoms with E-state index >= 15 is 0 Å². The first-order valence-corrected chi connectivity index (χ1v) is 8.06. The van der Waals surface area contributed by atoms with Gasteiger partial charge in [0.15, 0.2) is 0 Å². The second kappa shape index (κ2) is 7.21. The Morgan fingerprint density at radius 1 is 1.30 bits per heavy atom. The van der Waals surface area contributed by atoms with Gasteiger partial charge in [0, 0.05) is 26.6 Å². The summed E-state index contributed by atoms with van der Waals surface area (Å²) in [4.78, 5) is 26.0. The third-order valence-electron chi connectivity index (χ3n) is 2.79. The van der Waals surface area contributed by atoms with Gasteiger partial charge < -0.3 is 10.2 Å². The fraction of sp³-hybridized carbons (Fsp3) is 0.286. The van der Waals surface area contributed by atoms with Gasteiger partial charge in [0.1, 0.15) is 0 Å². The monoisotopic (exact) mass is 308 g/mol. The van der Waals surface area contributed by atoms with Gasteiger partial charge in [-0.3, -0.25) is 9.59 Å². The minimum absolute atomic E-state index is 0.0303. The van der Waals surface area contributed by atoms with Crippen LogP contribution in [0.2, 0.25) is 0 Å². The van der Waals surface area contributed by atoms with Crippen molar-refractivity contribution in [2.45, 2.75) is 13.0 Å². The minimum Gasteiger partial charge on any atom is -0.351 e. The number of rotatable bonds is 6. The maximum Gasteiger partial charge on any atom is 0.261 e. The molecule has 0 aliphatic rings. The van der Waals surface area contributed by atoms with E-state index in [1.165, 1.54) is 11.3 Å². The molecule has 0 spiro atoms. The Balaban J connectivity index is 1.71. The van der Waals surface area contributed by atoms with E-state index in [0.29, 0.717) is 24.4 Å². The number of hydrogen-bond acceptors (Lipinski definition) is 4. The highest BCUT2D eigenvalue weighted by Crippen LogP contribution is 2.09. The second-order valence-corrected chi connectivity index (χ2v) is 6.09. The van der Waals surface area contributed by atoms with Crippen LogP contribution in [0.25, 0.3) is 0 Å². The predicted molar refractivity (Wildman–Crippen MR) is 82.1 cm³/mol. The molecule has 2 heterocycles. The molecule has 0 aliphatic heterocycles. The Morgan fingerprint density at radius 3 is 2.80 bits per heavy atom. The summed E-state index contributed by atoms with van der Waals surface area (Å²) in [5.41, 5.74) is 1.13. The zero-order valence-electron chi connectivity index (χ0n) is 11.2. The van der Waals surface area contributed by atoms with Crippen LogP contribution in [0.3, 0.4) is 0 Å². The molecule has 6 heteroatoms. The lowest BCUT2D eigenvalue weighted by molar-refractivity contribution is -0.130. The first kappa shape index (κ1) is 14.7. The molecule has 2 amide bonds. The van der Waals surface area contributed by atoms with E-state index in [1.54, 1.807) is 29.4 Å². The predicted octanol–water partition coefficient (Wildman–Crippen LogP) is 2.59. The standard InChI is InChI=1S/C14H16N2O2S2/c1-16(9-11-5-8-19-10-11)13(17)4-6-15-14(18)12-3-2-7-20-12/h2-3,5,7-8,10H,4,6,9H2,1H3,(H,15,18). The Morgan fingerprint density at radius 2 is 2.15 bits per heavy atom. The second-order valence-electron chi connectivity index (χ2n) is 4.36. The van der Waals surface area contributed by atoms with Gasteiger partial charge in [-0.05, 0) is 33.8 Å². The summed E-state index contributed by atoms with van der Waals surface area (Å²) in [6.07, 6.45) is 0.317. The highest BCUT2D eigenvalue weighted by Gasteiger charge is 2.11. The van der Waals surface area contributed by atoms with Crippen molar-refractivity contribution < 1.29 is 9.59 Å². The van der Waals surface area contributed by atoms with Gasteiger partial charge in [0.25, 0.3) is 5.91 Å². The average Bonchev–Trinajstić information content (AvgIpc) is 3.11. The van der Waals surface area contributed by atoms with E-state index in [2.05, 4.69) is 5.32 Å². The SMILES string of the molecule is CN(Cc1ccsc1)C(=O)CCNC(=O)c1cccs1. The number of nitrogens with zero attached hydrogens (tertiary/aromatic N) is 1. The van der Waals surface area contributed by atoms with Crippen LogP contribution < -0.4 is 5.32 Å². The first-order valence-electron chi connectivity index (χ1n) is 6.23. The van der Waals surface area contributed by atoms with Crippen molar-refractivity contribution in [1.82, 2.24) is 10.2 Å². The molecule has 0 aromatic carbocycles. The van der Waals surface area contributed by atoms with Crippen molar-refractivity contribution in [3.8, 4) is 0 Å². The lowest BCUT2D eigenvalue weighted by atomic mass is 10.3. The molecule has 106 valence electrons. The quantitative estimate of drug-likeness (QED) is 0.891. The maximum atomic E-state index is 11.9. The molecule has 0 bridgehead atoms. The van der Waals surface area contributed by atoms with Crippen molar-refractivity contribution in [3.63, 3.8) is 0 Å². The van der Waals surface area contributed by atoms with Gasteiger partial charge >= 0.3 is 0 Å². The van der Waals surface area contributed by atoms with Crippen molar-refractivity contribution in [2.75, 3.05) is 13.6 Å². The number of carbonyl (C=O) groups is 2. The van der Waals surface area contributed by atoms with Crippen LogP contribution in [0, 0.1) is 0 Å². The summed E-state index contributed by atoms with van der Waals surface area (Å²) in [5.74, 6) is -0.0871. The van der Waals surface area contributed by atoms with Gasteiger partial charge in [-0.2, -0.15) is 11.3 Å². The van der Waals surface area contributed by atoms with E-state index in [9.17, 15) is 9.59 Å². The molecule has 4 nitrogen and oxygen atoms in total. The van der Waals surface area contributed by atoms with Crippen molar-refractivity contribution >= 4 is 34.5 Å². The normalized spacial score (nSPS) is 10.2. The van der Waals surface area contributed by atoms with Crippen LogP contribution in [0.5, 0.6) is 0 Å². The smallest absolute Gasteiger partial charge is 0.261 e. The van der Waals surface area contributed by atoms with Gasteiger partial charge in [-0.25, -0.2) is 0 Å². The van der Waals surface area contributed by atoms with Crippen LogP contribution in [-0.4, -0.2) is 30.3 Å². The number of hydrogen-bond donors (Lipinski definition) is 1. The number of nitrogens with one attached hydrogen (secondary N) is 1. The summed E-state index contributed by atoms with van der Waals surface area (Å²) >= 11 is 3.01. The Hall–Kier alpha value is -1.66. The lowest BCUT2D eigenvalue weighted by Gasteiger charge is -2.16. The fourth-order valence-electron chi connectivity index (χ4n) is 1.71. The molecule has 0 fully saturated rings. The maximum absolute atomic E-state index is 11.9. The summed E-state index contributed by atoms with van der Waals surface area (Å²) in [5, 5.41) is 8.64. The van der Waals surface area contributed by atoms with Crippen LogP contribution in [-0.2, 0) is 11.3 Å². The number of thiophene rings is 2. The lowest BCUT2D eigenvalue weighted by Crippen LogP contribution is -2.31. The number of amides is 2. The fourth-order valence-corrected chi connectivity index (χ4v) is 3.01. The topological polar surface area (TPSA) is 49.4 Å². The van der Waals surface area contributed by atoms with Crippen molar-refractivity contribution in [3.05, 3.63) is 44.8 Å². The highest BCUT2D eigenvalue weighted by atomic mass is 32.1. The van der Waals surface area contributed by atoms with Crippen LogP contribution in [0.1, 0.15) is 21.7 Å². The highest BCUT2D eigenvalue weighted by molar-refractivity contribution is 7.12. The van der Waals surface area contributed by atoms with Crippen molar-refractivity contribution in [2.24, 2.45) is 0 Å². The van der Waals surface area contributed by atoms with Gasteiger partial charge in [0.2, 0.25) is 5.91 Å². The average molecular weight is 308 g/mol. The zero-order chi connectivity index (χ0) is 14.4. The van der Waals surface area contributed by atoms with Crippen molar-refractivity contribution in [1.29, 1.82) is 0 Å². The Labute approximate surface area is 126 Å². The third-order valence-corrected chi connectivity index (χ3v) is 4.40. The van der Waals surface area contributed by atoms with E-state index in [1.807, 2.05) is 28.3 Å². The molecule has 0 saturated carbocycles. The number of carbonyl (C=O) groups excluding carboxylic acids is 2. The molecule has 0 aliphatic carbocycles. The summed E-state index contributed by atoms with van der Waals surface area (Å²) in [6.45, 7) is 0.977. The molecule has 2 aromatic heterocycles. The molecule has 2 aromatic rings. The molecule has 0 atom stereocenters. The van der Waals surface area contributed by atoms with E-state index < -0.39 is 0 Å². The van der Waals surface area contributed by atoms with Crippen LogP contribution >= 0.6 is 22.7 Å². The zero-order valence-corrected chi connectivity index (χ0v) is 12.8. The van der Waals surface area contributed by atoms with E-state index in [-0.39, 0.29) is 11.8 Å². The summed E-state index contributed by atoms with van der Waals surface area (Å²) < 4.78 is 0. The summed E-state index contributed by atoms with van der Waals surface area (Å²) in [6, 6.07) is 5.61. The van der Waals surface area contributed by atoms with Gasteiger partial charge in [-0.15, -0.1) is 11.3 Å². The largest absolute Gasteiger partial charge is 0.351 e. The van der Waals surface area contributed by atoms with Gasteiger partial charge in [0.05, 0.1) is 4.88 Å². The molecule has 0 unspecified atom stereocenters. The molecule has 1 N–H and O–H groups in total. The Bertz CT molecular complexity index is 550. The minimum atomic E-state index is -0.117. The van der Waals surface area contributed by atoms with E-state index in [4.69, 9.17) is 0 Å². The first-order chi connectivity index (χ1) is 9.66. The molecule has 20 heavy (non-hydrogen) atoms. The van der Waals surface area contributed by atoms with Crippen LogP contribution in [0.4, 0.5) is 0 Å². The molecular formula is C14H16N2O2S2. The van der Waals surface area contributed by atoms with E-state index in [0.717, 1.165) is 5.56 Å². The Kier molecular flexibility index (Phi) is 5.31. The molecular weight excluding hydrogens is 292 g/mol. The van der Waals surface area contributed by atoms with Gasteiger partial charge in [-0.1, -0.05) is 6.07 Å². The third kappa shape index (κ3) is 4.18. The molecule has 0 saturated heterocycles.